The molecule has 31 heavy (non-hydrogen) atoms. The van der Waals surface area contributed by atoms with Gasteiger partial charge in [0.25, 0.3) is 0 Å². The summed E-state index contributed by atoms with van der Waals surface area (Å²) in [6.45, 7) is 5.42. The van der Waals surface area contributed by atoms with Crippen molar-refractivity contribution in [1.29, 1.82) is 0 Å². The van der Waals surface area contributed by atoms with Crippen molar-refractivity contribution in [2.75, 3.05) is 59.8 Å². The van der Waals surface area contributed by atoms with Crippen molar-refractivity contribution >= 4 is 19.6 Å². The van der Waals surface area contributed by atoms with Gasteiger partial charge in [-0.25, -0.2) is 4.57 Å². The Labute approximate surface area is 184 Å². The van der Waals surface area contributed by atoms with Crippen LogP contribution in [0.1, 0.15) is 39.5 Å². The van der Waals surface area contributed by atoms with E-state index in [1.54, 1.807) is 0 Å². The number of ether oxygens (including phenoxy) is 2. The van der Waals surface area contributed by atoms with E-state index in [2.05, 4.69) is 15.2 Å². The number of rotatable bonds is 20. The smallest absolute Gasteiger partial charge is 0.396 e. The number of nitrogens with one attached hydrogen (secondary N) is 2. The molecule has 3 atom stereocenters. The first-order valence-corrected chi connectivity index (χ1v) is 12.1. The first-order chi connectivity index (χ1) is 14.8. The molecular weight excluding hydrogens is 431 g/mol. The molecule has 11 nitrogen and oxygen atoms in total. The van der Waals surface area contributed by atoms with Gasteiger partial charge in [-0.2, -0.15) is 0 Å². The Morgan fingerprint density at radius 2 is 1.77 bits per heavy atom. The number of carbonyl (C=O) groups excluding carboxylic acids is 2. The number of unbranched alkanes of at least 4 members (excludes halogenated alkanes) is 1. The van der Waals surface area contributed by atoms with Gasteiger partial charge in [0.05, 0.1) is 26.4 Å². The van der Waals surface area contributed by atoms with Gasteiger partial charge in [-0.15, -0.1) is 0 Å². The molecule has 0 bridgehead atoms. The number of carbonyl (C=O) groups is 2. The van der Waals surface area contributed by atoms with Gasteiger partial charge in [-0.1, -0.05) is 20.3 Å². The van der Waals surface area contributed by atoms with E-state index in [-0.39, 0.29) is 50.1 Å². The monoisotopic (exact) mass is 470 g/mol. The van der Waals surface area contributed by atoms with Crippen LogP contribution in [0, 0.1) is 11.8 Å². The zero-order valence-corrected chi connectivity index (χ0v) is 19.7. The lowest BCUT2D eigenvalue weighted by molar-refractivity contribution is -0.127. The third-order valence-electron chi connectivity index (χ3n) is 4.53. The fourth-order valence-corrected chi connectivity index (χ4v) is 2.81. The van der Waals surface area contributed by atoms with Crippen molar-refractivity contribution in [3.05, 3.63) is 0 Å². The summed E-state index contributed by atoms with van der Waals surface area (Å²) < 4.78 is 30.9. The Bertz CT molecular complexity index is 537. The number of phosphoric ester groups is 1. The van der Waals surface area contributed by atoms with Gasteiger partial charge in [-0.05, 0) is 19.3 Å². The molecule has 12 heteroatoms. The summed E-state index contributed by atoms with van der Waals surface area (Å²) in [5.74, 6) is -0.502. The number of aliphatic hydroxyl groups is 1. The molecule has 0 aromatic carbocycles. The summed E-state index contributed by atoms with van der Waals surface area (Å²) in [7, 11) is -2.96. The van der Waals surface area contributed by atoms with Crippen molar-refractivity contribution in [3.8, 4) is 0 Å². The van der Waals surface area contributed by atoms with Crippen LogP contribution in [0.25, 0.3) is 0 Å². The Balaban J connectivity index is 3.58. The van der Waals surface area contributed by atoms with E-state index in [0.717, 1.165) is 13.5 Å². The second-order valence-electron chi connectivity index (χ2n) is 7.11. The minimum absolute atomic E-state index is 0.00515. The second kappa shape index (κ2) is 18.5. The molecule has 0 spiro atoms. The Morgan fingerprint density at radius 3 is 2.42 bits per heavy atom. The van der Waals surface area contributed by atoms with Crippen molar-refractivity contribution in [2.45, 2.75) is 39.5 Å². The normalized spacial score (nSPS) is 15.1. The highest BCUT2D eigenvalue weighted by atomic mass is 31.2. The maximum atomic E-state index is 11.7. The first kappa shape index (κ1) is 29.9. The number of aliphatic hydroxyl groups excluding tert-OH is 1. The standard InChI is InChI=1S/C19H39N2O9P/c1-4-16(2)19(24)21-9-10-28-11-12-29-15-18(23)20-8-6-5-7-17(13-22)14-30-31(25,26)27-3/h16-17,22H,4-15H2,1-3H3,(H,20,23)(H,21,24)(H,25,26). The molecule has 0 aromatic rings. The highest BCUT2D eigenvalue weighted by Gasteiger charge is 2.20. The lowest BCUT2D eigenvalue weighted by Crippen LogP contribution is -2.32. The Kier molecular flexibility index (Phi) is 17.9. The zero-order chi connectivity index (χ0) is 23.5. The number of phosphoric acid groups is 1. The molecule has 0 aliphatic heterocycles. The molecule has 0 saturated carbocycles. The van der Waals surface area contributed by atoms with E-state index in [4.69, 9.17) is 14.0 Å². The van der Waals surface area contributed by atoms with Crippen molar-refractivity contribution < 1.29 is 42.7 Å². The fourth-order valence-electron chi connectivity index (χ4n) is 2.31. The average Bonchev–Trinajstić information content (AvgIpc) is 2.76. The summed E-state index contributed by atoms with van der Waals surface area (Å²) in [4.78, 5) is 32.4. The molecule has 184 valence electrons. The van der Waals surface area contributed by atoms with Gasteiger partial charge in [-0.3, -0.25) is 18.6 Å². The van der Waals surface area contributed by atoms with Crippen LogP contribution in [-0.4, -0.2) is 81.7 Å². The predicted octanol–water partition coefficient (Wildman–Crippen LogP) is 0.840. The predicted molar refractivity (Wildman–Crippen MR) is 114 cm³/mol. The fraction of sp³-hybridized carbons (Fsp3) is 0.895. The van der Waals surface area contributed by atoms with Crippen molar-refractivity contribution in [3.63, 3.8) is 0 Å². The van der Waals surface area contributed by atoms with E-state index in [0.29, 0.717) is 45.6 Å². The summed E-state index contributed by atoms with van der Waals surface area (Å²) in [6.07, 6.45) is 2.78. The highest BCUT2D eigenvalue weighted by molar-refractivity contribution is 7.47. The average molecular weight is 471 g/mol. The third kappa shape index (κ3) is 17.2. The molecule has 4 N–H and O–H groups in total. The van der Waals surface area contributed by atoms with Crippen LogP contribution in [-0.2, 0) is 32.7 Å². The molecule has 0 radical (unpaired) electrons. The molecular formula is C19H39N2O9P. The van der Waals surface area contributed by atoms with Crippen LogP contribution < -0.4 is 10.6 Å². The zero-order valence-electron chi connectivity index (χ0n) is 18.8. The van der Waals surface area contributed by atoms with Gasteiger partial charge >= 0.3 is 7.82 Å². The molecule has 0 aliphatic carbocycles. The topological polar surface area (TPSA) is 153 Å². The Hall–Kier alpha value is -1.07. The largest absolute Gasteiger partial charge is 0.471 e. The van der Waals surface area contributed by atoms with Gasteiger partial charge in [0.1, 0.15) is 6.61 Å². The van der Waals surface area contributed by atoms with E-state index in [1.165, 1.54) is 0 Å². The van der Waals surface area contributed by atoms with Crippen LogP contribution in [0.3, 0.4) is 0 Å². The maximum Gasteiger partial charge on any atom is 0.471 e. The summed E-state index contributed by atoms with van der Waals surface area (Å²) in [5, 5.41) is 14.8. The van der Waals surface area contributed by atoms with Gasteiger partial charge in [0, 0.05) is 38.6 Å². The van der Waals surface area contributed by atoms with Crippen LogP contribution in [0.2, 0.25) is 0 Å². The lowest BCUT2D eigenvalue weighted by Gasteiger charge is -2.16. The minimum atomic E-state index is -4.04. The van der Waals surface area contributed by atoms with Crippen LogP contribution >= 0.6 is 7.82 Å². The molecule has 0 aromatic heterocycles. The summed E-state index contributed by atoms with van der Waals surface area (Å²) in [6, 6.07) is 0. The summed E-state index contributed by atoms with van der Waals surface area (Å²) in [5.41, 5.74) is 0. The van der Waals surface area contributed by atoms with Crippen LogP contribution in [0.5, 0.6) is 0 Å². The minimum Gasteiger partial charge on any atom is -0.396 e. The number of amides is 2. The van der Waals surface area contributed by atoms with Crippen molar-refractivity contribution in [2.24, 2.45) is 11.8 Å². The molecule has 0 heterocycles. The first-order valence-electron chi connectivity index (χ1n) is 10.6. The SMILES string of the molecule is CCC(C)C(=O)NCCOCCOCC(=O)NCCCCC(CO)COP(=O)(O)OC. The van der Waals surface area contributed by atoms with Crippen LogP contribution in [0.4, 0.5) is 0 Å². The van der Waals surface area contributed by atoms with E-state index < -0.39 is 7.82 Å². The molecule has 3 unspecified atom stereocenters. The van der Waals surface area contributed by atoms with E-state index >= 15 is 0 Å². The van der Waals surface area contributed by atoms with E-state index in [9.17, 15) is 24.2 Å². The maximum absolute atomic E-state index is 11.7. The van der Waals surface area contributed by atoms with Gasteiger partial charge < -0.3 is 30.1 Å². The quantitative estimate of drug-likeness (QED) is 0.150. The number of hydrogen-bond donors (Lipinski definition) is 4. The number of hydrogen-bond acceptors (Lipinski definition) is 8. The Morgan fingerprint density at radius 1 is 1.06 bits per heavy atom. The second-order valence-corrected chi connectivity index (χ2v) is 8.67. The van der Waals surface area contributed by atoms with Gasteiger partial charge in [0.2, 0.25) is 11.8 Å². The van der Waals surface area contributed by atoms with Crippen molar-refractivity contribution in [1.82, 2.24) is 10.6 Å². The molecule has 0 saturated heterocycles. The highest BCUT2D eigenvalue weighted by Crippen LogP contribution is 2.42. The summed E-state index contributed by atoms with van der Waals surface area (Å²) >= 11 is 0. The van der Waals surface area contributed by atoms with Crippen LogP contribution in [0.15, 0.2) is 0 Å². The lowest BCUT2D eigenvalue weighted by atomic mass is 10.0. The van der Waals surface area contributed by atoms with E-state index in [1.807, 2.05) is 13.8 Å². The van der Waals surface area contributed by atoms with Gasteiger partial charge in [0.15, 0.2) is 0 Å². The third-order valence-corrected chi connectivity index (χ3v) is 5.47. The molecule has 0 rings (SSSR count). The molecule has 2 amide bonds. The molecule has 0 aliphatic rings. The molecule has 0 fully saturated rings.